The molecule has 0 amide bonds. The molecular weight excluding hydrogens is 208 g/mol. The molecule has 4 nitrogen and oxygen atoms in total. The molecule has 0 spiro atoms. The summed E-state index contributed by atoms with van der Waals surface area (Å²) in [4.78, 5) is 0. The lowest BCUT2D eigenvalue weighted by Crippen LogP contribution is -2.23. The highest BCUT2D eigenvalue weighted by molar-refractivity contribution is 4.70. The van der Waals surface area contributed by atoms with Gasteiger partial charge in [0.2, 0.25) is 0 Å². The number of ether oxygens (including phenoxy) is 4. The van der Waals surface area contributed by atoms with Crippen molar-refractivity contribution in [2.24, 2.45) is 0 Å². The Labute approximate surface area is 97.2 Å². The predicted molar refractivity (Wildman–Crippen MR) is 59.6 cm³/mol. The van der Waals surface area contributed by atoms with Crippen LogP contribution in [0.4, 0.5) is 0 Å². The Morgan fingerprint density at radius 2 is 1.88 bits per heavy atom. The fourth-order valence-electron chi connectivity index (χ4n) is 1.55. The zero-order chi connectivity index (χ0) is 11.2. The van der Waals surface area contributed by atoms with Gasteiger partial charge in [-0.3, -0.25) is 0 Å². The maximum absolute atomic E-state index is 5.78. The molecule has 2 rings (SSSR count). The molecule has 4 heteroatoms. The van der Waals surface area contributed by atoms with Crippen LogP contribution in [0.5, 0.6) is 0 Å². The third-order valence-electron chi connectivity index (χ3n) is 2.81. The van der Waals surface area contributed by atoms with Gasteiger partial charge in [-0.25, -0.2) is 0 Å². The van der Waals surface area contributed by atoms with Crippen molar-refractivity contribution in [3.8, 4) is 0 Å². The number of hydrogen-bond donors (Lipinski definition) is 0. The van der Waals surface area contributed by atoms with Crippen LogP contribution in [-0.2, 0) is 18.9 Å². The van der Waals surface area contributed by atoms with Crippen LogP contribution in [0.3, 0.4) is 0 Å². The molecule has 0 saturated carbocycles. The van der Waals surface area contributed by atoms with E-state index in [1.165, 1.54) is 12.8 Å². The van der Waals surface area contributed by atoms with E-state index in [4.69, 9.17) is 18.9 Å². The van der Waals surface area contributed by atoms with Crippen LogP contribution in [0, 0.1) is 0 Å². The minimum atomic E-state index is 0.225. The third-order valence-corrected chi connectivity index (χ3v) is 2.81. The number of epoxide rings is 2. The average molecular weight is 230 g/mol. The summed E-state index contributed by atoms with van der Waals surface area (Å²) in [6.07, 6.45) is 4.39. The van der Waals surface area contributed by atoms with E-state index in [2.05, 4.69) is 6.92 Å². The van der Waals surface area contributed by atoms with E-state index in [9.17, 15) is 0 Å². The first-order valence-corrected chi connectivity index (χ1v) is 6.31. The molecule has 3 atom stereocenters. The first kappa shape index (κ1) is 12.3. The lowest BCUT2D eigenvalue weighted by Gasteiger charge is -2.17. The van der Waals surface area contributed by atoms with Crippen molar-refractivity contribution in [3.05, 3.63) is 0 Å². The molecule has 0 aromatic rings. The summed E-state index contributed by atoms with van der Waals surface area (Å²) in [5.41, 5.74) is 0. The Balaban J connectivity index is 1.54. The second kappa shape index (κ2) is 6.55. The summed E-state index contributed by atoms with van der Waals surface area (Å²) in [7, 11) is 0. The van der Waals surface area contributed by atoms with Crippen molar-refractivity contribution in [3.63, 3.8) is 0 Å². The van der Waals surface area contributed by atoms with Crippen LogP contribution in [0.2, 0.25) is 0 Å². The van der Waals surface area contributed by atoms with Gasteiger partial charge in [-0.1, -0.05) is 19.8 Å². The quantitative estimate of drug-likeness (QED) is 0.532. The fraction of sp³-hybridized carbons (Fsp3) is 1.00. The highest BCUT2D eigenvalue weighted by atomic mass is 16.6. The van der Waals surface area contributed by atoms with E-state index in [-0.39, 0.29) is 6.10 Å². The molecule has 0 radical (unpaired) electrons. The maximum atomic E-state index is 5.78. The van der Waals surface area contributed by atoms with Crippen molar-refractivity contribution in [1.82, 2.24) is 0 Å². The smallest absolute Gasteiger partial charge is 0.104 e. The topological polar surface area (TPSA) is 43.5 Å². The summed E-state index contributed by atoms with van der Waals surface area (Å²) >= 11 is 0. The Bertz CT molecular complexity index is 189. The second-order valence-corrected chi connectivity index (χ2v) is 4.55. The molecule has 2 aliphatic rings. The molecule has 2 saturated heterocycles. The van der Waals surface area contributed by atoms with Crippen molar-refractivity contribution < 1.29 is 18.9 Å². The molecule has 94 valence electrons. The Morgan fingerprint density at radius 1 is 1.19 bits per heavy atom. The first-order valence-electron chi connectivity index (χ1n) is 6.31. The molecule has 16 heavy (non-hydrogen) atoms. The molecule has 2 aliphatic heterocycles. The van der Waals surface area contributed by atoms with Gasteiger partial charge in [0.15, 0.2) is 0 Å². The highest BCUT2D eigenvalue weighted by Gasteiger charge is 2.25. The van der Waals surface area contributed by atoms with E-state index < -0.39 is 0 Å². The van der Waals surface area contributed by atoms with Gasteiger partial charge in [-0.15, -0.1) is 0 Å². The zero-order valence-corrected chi connectivity index (χ0v) is 10.0. The maximum Gasteiger partial charge on any atom is 0.104 e. The van der Waals surface area contributed by atoms with Crippen molar-refractivity contribution >= 4 is 0 Å². The van der Waals surface area contributed by atoms with Crippen LogP contribution < -0.4 is 0 Å². The summed E-state index contributed by atoms with van der Waals surface area (Å²) in [6, 6.07) is 0. The molecule has 2 heterocycles. The minimum absolute atomic E-state index is 0.225. The Kier molecular flexibility index (Phi) is 5.03. The number of unbranched alkanes of at least 4 members (excludes halogenated alkanes) is 1. The Hall–Kier alpha value is -0.160. The van der Waals surface area contributed by atoms with E-state index >= 15 is 0 Å². The lowest BCUT2D eigenvalue weighted by atomic mass is 10.2. The molecule has 0 aromatic carbocycles. The van der Waals surface area contributed by atoms with Gasteiger partial charge in [-0.05, 0) is 6.42 Å². The third kappa shape index (κ3) is 5.25. The minimum Gasteiger partial charge on any atom is -0.376 e. The van der Waals surface area contributed by atoms with Gasteiger partial charge in [0, 0.05) is 0 Å². The van der Waals surface area contributed by atoms with Gasteiger partial charge in [0.1, 0.15) is 12.2 Å². The molecule has 2 fully saturated rings. The summed E-state index contributed by atoms with van der Waals surface area (Å²) < 4.78 is 21.6. The second-order valence-electron chi connectivity index (χ2n) is 4.55. The number of rotatable bonds is 10. The lowest BCUT2D eigenvalue weighted by molar-refractivity contribution is -0.0286. The molecule has 0 N–H and O–H groups in total. The summed E-state index contributed by atoms with van der Waals surface area (Å²) in [6.45, 7) is 6.03. The van der Waals surface area contributed by atoms with Gasteiger partial charge in [0.05, 0.1) is 39.1 Å². The standard InChI is InChI=1S/C12H22O4/c1-2-3-4-10(14-8-12-9-16-12)5-13-6-11-7-15-11/h10-12H,2-9H2,1H3. The largest absolute Gasteiger partial charge is 0.376 e. The van der Waals surface area contributed by atoms with E-state index in [0.29, 0.717) is 25.4 Å². The molecular formula is C12H22O4. The highest BCUT2D eigenvalue weighted by Crippen LogP contribution is 2.14. The monoisotopic (exact) mass is 230 g/mol. The number of hydrogen-bond acceptors (Lipinski definition) is 4. The summed E-state index contributed by atoms with van der Waals surface area (Å²) in [5, 5.41) is 0. The van der Waals surface area contributed by atoms with Crippen LogP contribution >= 0.6 is 0 Å². The molecule has 0 aliphatic carbocycles. The molecule has 3 unspecified atom stereocenters. The summed E-state index contributed by atoms with van der Waals surface area (Å²) in [5.74, 6) is 0. The fourth-order valence-corrected chi connectivity index (χ4v) is 1.55. The van der Waals surface area contributed by atoms with Crippen LogP contribution in [0.15, 0.2) is 0 Å². The molecule has 0 aromatic heterocycles. The van der Waals surface area contributed by atoms with Gasteiger partial charge < -0.3 is 18.9 Å². The van der Waals surface area contributed by atoms with Crippen LogP contribution in [0.25, 0.3) is 0 Å². The predicted octanol–water partition coefficient (Wildman–Crippen LogP) is 1.38. The average Bonchev–Trinajstić information content (AvgIpc) is 3.15. The Morgan fingerprint density at radius 3 is 2.50 bits per heavy atom. The van der Waals surface area contributed by atoms with Crippen molar-refractivity contribution in [2.45, 2.75) is 44.5 Å². The van der Waals surface area contributed by atoms with E-state index in [1.807, 2.05) is 0 Å². The zero-order valence-electron chi connectivity index (χ0n) is 10.0. The van der Waals surface area contributed by atoms with Gasteiger partial charge in [0.25, 0.3) is 0 Å². The van der Waals surface area contributed by atoms with Crippen LogP contribution in [0.1, 0.15) is 26.2 Å². The normalized spacial score (nSPS) is 29.1. The first-order chi connectivity index (χ1) is 7.88. The van der Waals surface area contributed by atoms with Crippen LogP contribution in [-0.4, -0.2) is 51.3 Å². The van der Waals surface area contributed by atoms with E-state index in [0.717, 1.165) is 26.2 Å². The SMILES string of the molecule is CCCCC(COCC1CO1)OCC1CO1. The van der Waals surface area contributed by atoms with Crippen molar-refractivity contribution in [2.75, 3.05) is 33.0 Å². The van der Waals surface area contributed by atoms with Crippen molar-refractivity contribution in [1.29, 1.82) is 0 Å². The van der Waals surface area contributed by atoms with Gasteiger partial charge >= 0.3 is 0 Å². The van der Waals surface area contributed by atoms with Gasteiger partial charge in [-0.2, -0.15) is 0 Å². The van der Waals surface area contributed by atoms with E-state index in [1.54, 1.807) is 0 Å². The molecule has 0 bridgehead atoms.